The highest BCUT2D eigenvalue weighted by Crippen LogP contribution is 2.60. The van der Waals surface area contributed by atoms with Gasteiger partial charge in [0.15, 0.2) is 5.60 Å². The lowest BCUT2D eigenvalue weighted by Gasteiger charge is -2.31. The van der Waals surface area contributed by atoms with Crippen LogP contribution in [0.5, 0.6) is 0 Å². The standard InChI is InChI=1S/C31H38FN3O5Si/c1-20-29(41(2,3)32)26(17-28(38)33-15-6-7-23(33)19-36)40-31(20)24-8-4-5-9-25(24)35(30(31)39)18-21-10-12-22(13-11-21)34-16-14-27(34)37/h4-5,8-13,20,23,26,29,36H,6-7,14-19H2,1-3H3/t20-,23-,26+,29-,31+/m0/s1. The number of likely N-dealkylation sites (tertiary alicyclic amines) is 1. The zero-order valence-electron chi connectivity index (χ0n) is 23.9. The Morgan fingerprint density at radius 1 is 1.12 bits per heavy atom. The summed E-state index contributed by atoms with van der Waals surface area (Å²) >= 11 is 0. The van der Waals surface area contributed by atoms with Gasteiger partial charge in [0.05, 0.1) is 37.4 Å². The van der Waals surface area contributed by atoms with Gasteiger partial charge in [-0.2, -0.15) is 0 Å². The minimum Gasteiger partial charge on any atom is -0.394 e. The van der Waals surface area contributed by atoms with Crippen LogP contribution in [0.1, 0.15) is 43.7 Å². The molecule has 0 bridgehead atoms. The summed E-state index contributed by atoms with van der Waals surface area (Å²) in [5.41, 5.74) is 1.25. The SMILES string of the molecule is C[C@H]1[C@H]([Si](C)(C)F)[C@@H](CC(=O)N2CCC[C@H]2CO)O[C@]12C(=O)N(Cc1ccc(N3CCC3=O)cc1)c1ccccc12. The molecule has 1 N–H and O–H groups in total. The Morgan fingerprint density at radius 3 is 2.49 bits per heavy atom. The number of fused-ring (bicyclic) bond motifs is 2. The van der Waals surface area contributed by atoms with E-state index in [0.717, 1.165) is 29.8 Å². The van der Waals surface area contributed by atoms with Crippen LogP contribution in [0.2, 0.25) is 18.6 Å². The van der Waals surface area contributed by atoms with Gasteiger partial charge in [-0.15, -0.1) is 0 Å². The van der Waals surface area contributed by atoms with Crippen LogP contribution in [-0.4, -0.2) is 68.0 Å². The molecule has 4 aliphatic heterocycles. The summed E-state index contributed by atoms with van der Waals surface area (Å²) in [6, 6.07) is 15.0. The first-order chi connectivity index (χ1) is 19.6. The second-order valence-electron chi connectivity index (χ2n) is 12.4. The molecule has 41 heavy (non-hydrogen) atoms. The molecular weight excluding hydrogens is 541 g/mol. The molecule has 0 aromatic heterocycles. The molecule has 5 atom stereocenters. The van der Waals surface area contributed by atoms with Crippen LogP contribution in [0, 0.1) is 5.92 Å². The molecule has 0 aliphatic carbocycles. The predicted molar refractivity (Wildman–Crippen MR) is 156 cm³/mol. The molecule has 10 heteroatoms. The number of amides is 3. The largest absolute Gasteiger partial charge is 0.394 e. The molecule has 1 spiro atoms. The maximum Gasteiger partial charge on any atom is 0.264 e. The minimum atomic E-state index is -3.39. The van der Waals surface area contributed by atoms with E-state index in [9.17, 15) is 19.5 Å². The van der Waals surface area contributed by atoms with Crippen LogP contribution < -0.4 is 9.80 Å². The molecule has 3 amide bonds. The van der Waals surface area contributed by atoms with Crippen molar-refractivity contribution in [3.8, 4) is 0 Å². The number of β-lactam (4-membered cyclic amide) rings is 1. The molecule has 2 aromatic carbocycles. The summed E-state index contributed by atoms with van der Waals surface area (Å²) in [6.45, 7) is 6.65. The number of aliphatic hydroxyl groups is 1. The van der Waals surface area contributed by atoms with Gasteiger partial charge in [-0.25, -0.2) is 0 Å². The van der Waals surface area contributed by atoms with Gasteiger partial charge < -0.3 is 28.7 Å². The number of para-hydroxylation sites is 1. The highest BCUT2D eigenvalue weighted by molar-refractivity contribution is 6.72. The zero-order chi connectivity index (χ0) is 29.1. The molecule has 2 aromatic rings. The molecular formula is C31H38FN3O5Si. The Labute approximate surface area is 241 Å². The van der Waals surface area contributed by atoms with E-state index in [1.54, 1.807) is 27.8 Å². The number of rotatable bonds is 7. The van der Waals surface area contributed by atoms with E-state index in [2.05, 4.69) is 0 Å². The van der Waals surface area contributed by atoms with Crippen molar-refractivity contribution in [3.05, 3.63) is 59.7 Å². The number of aliphatic hydroxyl groups excluding tert-OH is 1. The fourth-order valence-corrected chi connectivity index (χ4v) is 10.0. The zero-order valence-corrected chi connectivity index (χ0v) is 24.9. The Morgan fingerprint density at radius 2 is 1.85 bits per heavy atom. The number of nitrogens with zero attached hydrogens (tertiary/aromatic N) is 3. The predicted octanol–water partition coefficient (Wildman–Crippen LogP) is 4.12. The first-order valence-corrected chi connectivity index (χ1v) is 17.6. The van der Waals surface area contributed by atoms with Gasteiger partial charge in [0.2, 0.25) is 20.2 Å². The molecule has 4 aliphatic rings. The molecule has 0 radical (unpaired) electrons. The lowest BCUT2D eigenvalue weighted by molar-refractivity contribution is -0.150. The summed E-state index contributed by atoms with van der Waals surface area (Å²) in [6.07, 6.45) is 1.38. The van der Waals surface area contributed by atoms with Crippen molar-refractivity contribution in [3.63, 3.8) is 0 Å². The van der Waals surface area contributed by atoms with Gasteiger partial charge in [0.25, 0.3) is 5.91 Å². The van der Waals surface area contributed by atoms with Crippen molar-refractivity contribution in [1.82, 2.24) is 4.90 Å². The molecule has 3 saturated heterocycles. The van der Waals surface area contributed by atoms with Crippen LogP contribution in [0.4, 0.5) is 15.5 Å². The third kappa shape index (κ3) is 4.51. The van der Waals surface area contributed by atoms with E-state index in [-0.39, 0.29) is 36.8 Å². The number of halogens is 1. The summed E-state index contributed by atoms with van der Waals surface area (Å²) < 4.78 is 22.8. The third-order valence-corrected chi connectivity index (χ3v) is 12.0. The number of anilines is 2. The van der Waals surface area contributed by atoms with E-state index in [0.29, 0.717) is 31.6 Å². The number of carbonyl (C=O) groups excluding carboxylic acids is 3. The smallest absolute Gasteiger partial charge is 0.264 e. The van der Waals surface area contributed by atoms with Crippen LogP contribution in [0.15, 0.2) is 48.5 Å². The van der Waals surface area contributed by atoms with Crippen molar-refractivity contribution < 1.29 is 28.3 Å². The quantitative estimate of drug-likeness (QED) is 0.303. The Bertz CT molecular complexity index is 1360. The van der Waals surface area contributed by atoms with Crippen molar-refractivity contribution in [1.29, 1.82) is 0 Å². The summed E-state index contributed by atoms with van der Waals surface area (Å²) in [4.78, 5) is 44.8. The fraction of sp³-hybridized carbons (Fsp3) is 0.516. The normalized spacial score (nSPS) is 29.4. The highest BCUT2D eigenvalue weighted by Gasteiger charge is 2.67. The number of ether oxygens (including phenoxy) is 1. The average molecular weight is 580 g/mol. The van der Waals surface area contributed by atoms with Gasteiger partial charge in [0.1, 0.15) is 0 Å². The monoisotopic (exact) mass is 579 g/mol. The van der Waals surface area contributed by atoms with E-state index in [1.807, 2.05) is 55.5 Å². The summed E-state index contributed by atoms with van der Waals surface area (Å²) in [7, 11) is -3.39. The Balaban J connectivity index is 1.31. The maximum absolute atomic E-state index is 16.1. The van der Waals surface area contributed by atoms with Gasteiger partial charge in [-0.05, 0) is 49.7 Å². The minimum absolute atomic E-state index is 0.0142. The van der Waals surface area contributed by atoms with Crippen LogP contribution in [0.3, 0.4) is 0 Å². The molecule has 0 unspecified atom stereocenters. The lowest BCUT2D eigenvalue weighted by atomic mass is 9.82. The van der Waals surface area contributed by atoms with Crippen LogP contribution in [0.25, 0.3) is 0 Å². The van der Waals surface area contributed by atoms with Gasteiger partial charge in [-0.1, -0.05) is 37.3 Å². The van der Waals surface area contributed by atoms with Gasteiger partial charge in [-0.3, -0.25) is 14.4 Å². The lowest BCUT2D eigenvalue weighted by Crippen LogP contribution is -2.45. The topological polar surface area (TPSA) is 90.4 Å². The number of benzene rings is 2. The molecule has 8 nitrogen and oxygen atoms in total. The van der Waals surface area contributed by atoms with Crippen LogP contribution in [-0.2, 0) is 31.3 Å². The van der Waals surface area contributed by atoms with Crippen LogP contribution >= 0.6 is 0 Å². The fourth-order valence-electron chi connectivity index (χ4n) is 7.55. The van der Waals surface area contributed by atoms with Crippen molar-refractivity contribution in [2.24, 2.45) is 5.92 Å². The molecule has 218 valence electrons. The van der Waals surface area contributed by atoms with E-state index >= 15 is 4.11 Å². The molecule has 3 fully saturated rings. The van der Waals surface area contributed by atoms with E-state index < -0.39 is 31.6 Å². The Hall–Kier alpha value is -3.08. The number of hydrogen-bond acceptors (Lipinski definition) is 5. The molecule has 0 saturated carbocycles. The summed E-state index contributed by atoms with van der Waals surface area (Å²) in [5.74, 6) is -0.761. The first-order valence-electron chi connectivity index (χ1n) is 14.6. The van der Waals surface area contributed by atoms with Gasteiger partial charge in [0, 0.05) is 42.2 Å². The number of hydrogen-bond donors (Lipinski definition) is 1. The second-order valence-corrected chi connectivity index (χ2v) is 16.2. The molecule has 6 rings (SSSR count). The third-order valence-electron chi connectivity index (χ3n) is 9.59. The Kier molecular flexibility index (Phi) is 7.06. The maximum atomic E-state index is 16.1. The van der Waals surface area contributed by atoms with Crippen molar-refractivity contribution in [2.45, 2.75) is 75.5 Å². The van der Waals surface area contributed by atoms with Crippen molar-refractivity contribution >= 4 is 37.5 Å². The van der Waals surface area contributed by atoms with E-state index in [4.69, 9.17) is 4.74 Å². The highest BCUT2D eigenvalue weighted by atomic mass is 28.4. The molecule has 4 heterocycles. The van der Waals surface area contributed by atoms with Gasteiger partial charge >= 0.3 is 0 Å². The number of carbonyl (C=O) groups is 3. The first kappa shape index (κ1) is 28.1. The van der Waals surface area contributed by atoms with Crippen molar-refractivity contribution in [2.75, 3.05) is 29.5 Å². The second kappa shape index (κ2) is 10.3. The summed E-state index contributed by atoms with van der Waals surface area (Å²) in [5, 5.41) is 9.75. The van der Waals surface area contributed by atoms with E-state index in [1.165, 1.54) is 0 Å². The average Bonchev–Trinajstić information content (AvgIpc) is 3.59.